The van der Waals surface area contributed by atoms with Gasteiger partial charge in [0.2, 0.25) is 0 Å². The molecule has 0 aliphatic rings. The van der Waals surface area contributed by atoms with Crippen molar-refractivity contribution >= 4 is 33.3 Å². The zero-order valence-electron chi connectivity index (χ0n) is 6.40. The van der Waals surface area contributed by atoms with E-state index >= 15 is 0 Å². The summed E-state index contributed by atoms with van der Waals surface area (Å²) in [5, 5.41) is -0.338. The third-order valence-electron chi connectivity index (χ3n) is 1.35. The number of pyridine rings is 1. The van der Waals surface area contributed by atoms with Gasteiger partial charge in [0.15, 0.2) is 0 Å². The Morgan fingerprint density at radius 1 is 1.50 bits per heavy atom. The summed E-state index contributed by atoms with van der Waals surface area (Å²) in [4.78, 5) is 14.4. The standard InChI is InChI=1S/C7H2BrClF3NO/c8-6-4(9)3(1-2-13-6)5(14)7(10,11)12/h1-2H. The van der Waals surface area contributed by atoms with E-state index in [0.717, 1.165) is 12.3 Å². The van der Waals surface area contributed by atoms with Crippen LogP contribution in [0.15, 0.2) is 16.9 Å². The highest BCUT2D eigenvalue weighted by Gasteiger charge is 2.40. The predicted molar refractivity (Wildman–Crippen MR) is 47.3 cm³/mol. The third kappa shape index (κ3) is 2.24. The molecule has 0 amide bonds. The average Bonchev–Trinajstić information content (AvgIpc) is 2.07. The molecule has 1 aromatic heterocycles. The molecule has 1 aromatic rings. The number of hydrogen-bond donors (Lipinski definition) is 0. The Bertz CT molecular complexity index is 380. The van der Waals surface area contributed by atoms with Crippen LogP contribution in [0.2, 0.25) is 5.02 Å². The Balaban J connectivity index is 3.21. The highest BCUT2D eigenvalue weighted by atomic mass is 79.9. The molecule has 2 nitrogen and oxygen atoms in total. The number of Topliss-reactive ketones (excluding diaryl/α,β-unsaturated/α-hetero) is 1. The smallest absolute Gasteiger partial charge is 0.284 e. The number of aromatic nitrogens is 1. The maximum atomic E-state index is 12.0. The van der Waals surface area contributed by atoms with Gasteiger partial charge in [-0.15, -0.1) is 0 Å². The molecule has 0 N–H and O–H groups in total. The van der Waals surface area contributed by atoms with Gasteiger partial charge >= 0.3 is 6.18 Å². The highest BCUT2D eigenvalue weighted by Crippen LogP contribution is 2.29. The topological polar surface area (TPSA) is 30.0 Å². The molecule has 0 radical (unpaired) electrons. The Hall–Kier alpha value is -0.620. The lowest BCUT2D eigenvalue weighted by Gasteiger charge is -2.06. The van der Waals surface area contributed by atoms with Crippen molar-refractivity contribution in [2.45, 2.75) is 6.18 Å². The minimum absolute atomic E-state index is 0.00858. The number of ketones is 1. The Morgan fingerprint density at radius 3 is 2.57 bits per heavy atom. The molecule has 76 valence electrons. The van der Waals surface area contributed by atoms with E-state index in [-0.39, 0.29) is 9.63 Å². The number of nitrogens with zero attached hydrogens (tertiary/aromatic N) is 1. The van der Waals surface area contributed by atoms with Crippen molar-refractivity contribution in [2.75, 3.05) is 0 Å². The molecular weight excluding hydrogens is 286 g/mol. The summed E-state index contributed by atoms with van der Waals surface area (Å²) in [5.41, 5.74) is -0.610. The Labute approximate surface area is 90.2 Å². The number of halogens is 5. The van der Waals surface area contributed by atoms with E-state index in [1.807, 2.05) is 0 Å². The molecule has 0 saturated carbocycles. The van der Waals surface area contributed by atoms with Crippen molar-refractivity contribution in [3.8, 4) is 0 Å². The van der Waals surface area contributed by atoms with Crippen LogP contribution >= 0.6 is 27.5 Å². The second-order valence-electron chi connectivity index (χ2n) is 2.29. The predicted octanol–water partition coefficient (Wildman–Crippen LogP) is 3.24. The lowest BCUT2D eigenvalue weighted by Crippen LogP contribution is -2.23. The summed E-state index contributed by atoms with van der Waals surface area (Å²) in [7, 11) is 0. The van der Waals surface area contributed by atoms with Gasteiger partial charge in [-0.05, 0) is 22.0 Å². The largest absolute Gasteiger partial charge is 0.454 e. The van der Waals surface area contributed by atoms with Crippen LogP contribution in [-0.2, 0) is 0 Å². The van der Waals surface area contributed by atoms with E-state index < -0.39 is 17.5 Å². The zero-order valence-corrected chi connectivity index (χ0v) is 8.74. The van der Waals surface area contributed by atoms with Gasteiger partial charge in [-0.1, -0.05) is 11.6 Å². The molecule has 0 unspecified atom stereocenters. The second kappa shape index (κ2) is 3.86. The van der Waals surface area contributed by atoms with Crippen LogP contribution < -0.4 is 0 Å². The van der Waals surface area contributed by atoms with Gasteiger partial charge in [0.05, 0.1) is 10.6 Å². The van der Waals surface area contributed by atoms with Crippen LogP contribution in [0.25, 0.3) is 0 Å². The monoisotopic (exact) mass is 287 g/mol. The molecule has 7 heteroatoms. The van der Waals surface area contributed by atoms with Crippen molar-refractivity contribution in [3.63, 3.8) is 0 Å². The first-order chi connectivity index (χ1) is 6.34. The van der Waals surface area contributed by atoms with Crippen LogP contribution in [0, 0.1) is 0 Å². The van der Waals surface area contributed by atoms with E-state index in [1.165, 1.54) is 0 Å². The summed E-state index contributed by atoms with van der Waals surface area (Å²) < 4.78 is 36.0. The number of rotatable bonds is 1. The van der Waals surface area contributed by atoms with Crippen molar-refractivity contribution in [1.82, 2.24) is 4.98 Å². The lowest BCUT2D eigenvalue weighted by atomic mass is 10.2. The molecule has 14 heavy (non-hydrogen) atoms. The van der Waals surface area contributed by atoms with Gasteiger partial charge in [-0.25, -0.2) is 4.98 Å². The summed E-state index contributed by atoms with van der Waals surface area (Å²) in [6.07, 6.45) is -3.86. The summed E-state index contributed by atoms with van der Waals surface area (Å²) in [6.45, 7) is 0. The zero-order chi connectivity index (χ0) is 10.9. The molecule has 0 aromatic carbocycles. The maximum absolute atomic E-state index is 12.0. The molecule has 0 spiro atoms. The molecular formula is C7H2BrClF3NO. The number of carbonyl (C=O) groups excluding carboxylic acids is 1. The van der Waals surface area contributed by atoms with Crippen molar-refractivity contribution in [1.29, 1.82) is 0 Å². The number of hydrogen-bond acceptors (Lipinski definition) is 2. The van der Waals surface area contributed by atoms with Gasteiger partial charge in [0, 0.05) is 6.20 Å². The lowest BCUT2D eigenvalue weighted by molar-refractivity contribution is -0.0885. The van der Waals surface area contributed by atoms with Crippen molar-refractivity contribution in [2.24, 2.45) is 0 Å². The van der Waals surface area contributed by atoms with Gasteiger partial charge in [0.1, 0.15) is 4.60 Å². The molecule has 0 aliphatic heterocycles. The number of alkyl halides is 3. The minimum atomic E-state index is -4.93. The summed E-state index contributed by atoms with van der Waals surface area (Å²) in [5.74, 6) is -1.98. The molecule has 0 atom stereocenters. The quantitative estimate of drug-likeness (QED) is 0.586. The molecule has 0 bridgehead atoms. The van der Waals surface area contributed by atoms with E-state index in [1.54, 1.807) is 0 Å². The minimum Gasteiger partial charge on any atom is -0.284 e. The van der Waals surface area contributed by atoms with E-state index in [0.29, 0.717) is 0 Å². The average molecular weight is 288 g/mol. The van der Waals surface area contributed by atoms with Gasteiger partial charge in [-0.2, -0.15) is 13.2 Å². The van der Waals surface area contributed by atoms with Crippen LogP contribution in [0.1, 0.15) is 10.4 Å². The fourth-order valence-corrected chi connectivity index (χ4v) is 1.28. The molecule has 0 fully saturated rings. The van der Waals surface area contributed by atoms with Gasteiger partial charge in [-0.3, -0.25) is 4.79 Å². The molecule has 1 heterocycles. The maximum Gasteiger partial charge on any atom is 0.454 e. The molecule has 0 aliphatic carbocycles. The third-order valence-corrected chi connectivity index (χ3v) is 2.56. The van der Waals surface area contributed by atoms with Crippen LogP contribution in [0.5, 0.6) is 0 Å². The first kappa shape index (κ1) is 11.5. The second-order valence-corrected chi connectivity index (χ2v) is 3.42. The molecule has 0 saturated heterocycles. The van der Waals surface area contributed by atoms with E-state index in [9.17, 15) is 18.0 Å². The van der Waals surface area contributed by atoms with Crippen LogP contribution in [0.3, 0.4) is 0 Å². The highest BCUT2D eigenvalue weighted by molar-refractivity contribution is 9.10. The first-order valence-electron chi connectivity index (χ1n) is 3.25. The first-order valence-corrected chi connectivity index (χ1v) is 4.42. The normalized spacial score (nSPS) is 11.5. The van der Waals surface area contributed by atoms with E-state index in [2.05, 4.69) is 20.9 Å². The van der Waals surface area contributed by atoms with Crippen molar-refractivity contribution < 1.29 is 18.0 Å². The van der Waals surface area contributed by atoms with Gasteiger partial charge < -0.3 is 0 Å². The van der Waals surface area contributed by atoms with Crippen LogP contribution in [-0.4, -0.2) is 16.9 Å². The summed E-state index contributed by atoms with van der Waals surface area (Å²) >= 11 is 8.28. The van der Waals surface area contributed by atoms with E-state index in [4.69, 9.17) is 11.6 Å². The summed E-state index contributed by atoms with van der Waals surface area (Å²) in [6, 6.07) is 0.920. The fraction of sp³-hybridized carbons (Fsp3) is 0.143. The molecule has 1 rings (SSSR count). The van der Waals surface area contributed by atoms with Crippen molar-refractivity contribution in [3.05, 3.63) is 27.5 Å². The fourth-order valence-electron chi connectivity index (χ4n) is 0.746. The van der Waals surface area contributed by atoms with Crippen LogP contribution in [0.4, 0.5) is 13.2 Å². The Kier molecular flexibility index (Phi) is 3.16. The number of carbonyl (C=O) groups is 1. The SMILES string of the molecule is O=C(c1ccnc(Br)c1Cl)C(F)(F)F. The van der Waals surface area contributed by atoms with Gasteiger partial charge in [0.25, 0.3) is 5.78 Å². The Morgan fingerprint density at radius 2 is 2.07 bits per heavy atom.